The minimum absolute atomic E-state index is 0.0177. The topological polar surface area (TPSA) is 168 Å². The highest BCUT2D eigenvalue weighted by atomic mass is 31.2. The number of rotatable bonds is 11. The van der Waals surface area contributed by atoms with Crippen molar-refractivity contribution in [1.82, 2.24) is 14.6 Å². The number of esters is 1. The van der Waals surface area contributed by atoms with E-state index in [1.165, 1.54) is 38.4 Å². The molecule has 0 aliphatic carbocycles. The lowest BCUT2D eigenvalue weighted by molar-refractivity contribution is -0.149. The molecule has 38 heavy (non-hydrogen) atoms. The van der Waals surface area contributed by atoms with E-state index >= 15 is 0 Å². The van der Waals surface area contributed by atoms with Crippen molar-refractivity contribution < 1.29 is 42.8 Å². The number of carbonyl (C=O) groups is 1. The molecule has 14 heteroatoms. The van der Waals surface area contributed by atoms with Crippen LogP contribution in [0.25, 0.3) is 0 Å². The number of hydrogen-bond donors (Lipinski definition) is 3. The lowest BCUT2D eigenvalue weighted by Gasteiger charge is -2.26. The maximum absolute atomic E-state index is 13.7. The number of aliphatic hydroxyl groups excluding tert-OH is 1. The molecule has 1 aromatic heterocycles. The first-order valence-electron chi connectivity index (χ1n) is 11.6. The first-order valence-corrected chi connectivity index (χ1v) is 13.1. The Balaban J connectivity index is 1.83. The highest BCUT2D eigenvalue weighted by Gasteiger charge is 2.56. The van der Waals surface area contributed by atoms with Crippen LogP contribution in [0, 0.1) is 12.3 Å². The Kier molecular flexibility index (Phi) is 9.32. The van der Waals surface area contributed by atoms with Crippen LogP contribution in [0.2, 0.25) is 0 Å². The van der Waals surface area contributed by atoms with E-state index < -0.39 is 62.2 Å². The molecular weight excluding hydrogens is 521 g/mol. The summed E-state index contributed by atoms with van der Waals surface area (Å²) in [4.78, 5) is 28.5. The molecule has 3 N–H and O–H groups in total. The molecule has 1 fully saturated rings. The van der Waals surface area contributed by atoms with Gasteiger partial charge in [0.25, 0.3) is 0 Å². The van der Waals surface area contributed by atoms with Gasteiger partial charge in [0.2, 0.25) is 5.88 Å². The maximum atomic E-state index is 13.7. The number of methoxy groups -OCH3 is 1. The number of benzene rings is 1. The Morgan fingerprint density at radius 1 is 1.32 bits per heavy atom. The zero-order valence-corrected chi connectivity index (χ0v) is 22.1. The van der Waals surface area contributed by atoms with E-state index in [1.54, 1.807) is 32.0 Å². The van der Waals surface area contributed by atoms with Gasteiger partial charge in [0.15, 0.2) is 11.8 Å². The number of aliphatic hydroxyl groups is 2. The molecule has 206 valence electrons. The predicted octanol–water partition coefficient (Wildman–Crippen LogP) is 1.01. The van der Waals surface area contributed by atoms with E-state index in [2.05, 4.69) is 16.0 Å². The van der Waals surface area contributed by atoms with E-state index in [4.69, 9.17) is 29.7 Å². The van der Waals surface area contributed by atoms with E-state index in [0.29, 0.717) is 0 Å². The van der Waals surface area contributed by atoms with E-state index in [0.717, 1.165) is 4.57 Å². The minimum Gasteiger partial charge on any atom is -0.481 e. The molecule has 6 atom stereocenters. The standard InChI is InChI=1S/C24H30N3O10P/c1-6-24(31)20(28)18(36-22(24)27-13-12-19(33-5)25-23(27)30)14-34-38(32,37-17-10-8-7-9-11-17)26-16(4)21(29)35-15(2)3/h1,7-13,15-16,18,20,22,28,31H,14H2,2-5H3,(H,26,32)/t16?,18-,20-,22-,24-,38?/m1/s1. The Bertz CT molecular complexity index is 1260. The fourth-order valence-corrected chi connectivity index (χ4v) is 5.04. The normalized spacial score (nSPS) is 25.3. The third-order valence-electron chi connectivity index (χ3n) is 5.42. The molecule has 0 radical (unpaired) electrons. The Hall–Kier alpha value is -3.24. The third kappa shape index (κ3) is 6.60. The van der Waals surface area contributed by atoms with Gasteiger partial charge < -0.3 is 28.9 Å². The Morgan fingerprint density at radius 2 is 2.00 bits per heavy atom. The SMILES string of the molecule is C#C[C@@]1(O)[C@H](O)[C@@H](COP(=O)(NC(C)C(=O)OC(C)C)Oc2ccccc2)O[C@H]1n1ccc(OC)nc1=O. The highest BCUT2D eigenvalue weighted by molar-refractivity contribution is 7.52. The number of aromatic nitrogens is 2. The molecule has 0 bridgehead atoms. The van der Waals surface area contributed by atoms with Crippen LogP contribution in [0.3, 0.4) is 0 Å². The van der Waals surface area contributed by atoms with Gasteiger partial charge >= 0.3 is 19.4 Å². The highest BCUT2D eigenvalue weighted by Crippen LogP contribution is 2.46. The van der Waals surface area contributed by atoms with Crippen molar-refractivity contribution in [2.45, 2.75) is 57.0 Å². The van der Waals surface area contributed by atoms with Crippen LogP contribution in [0.1, 0.15) is 27.0 Å². The second-order valence-electron chi connectivity index (χ2n) is 8.64. The van der Waals surface area contributed by atoms with Crippen LogP contribution >= 0.6 is 7.75 Å². The Labute approximate surface area is 219 Å². The van der Waals surface area contributed by atoms with Gasteiger partial charge in [-0.3, -0.25) is 13.9 Å². The average Bonchev–Trinajstić information content (AvgIpc) is 3.13. The summed E-state index contributed by atoms with van der Waals surface area (Å²) in [5, 5.41) is 24.3. The predicted molar refractivity (Wildman–Crippen MR) is 133 cm³/mol. The van der Waals surface area contributed by atoms with Crippen molar-refractivity contribution in [3.8, 4) is 24.0 Å². The molecule has 2 aromatic rings. The van der Waals surface area contributed by atoms with E-state index in [-0.39, 0.29) is 11.6 Å². The van der Waals surface area contributed by atoms with E-state index in [9.17, 15) is 24.4 Å². The summed E-state index contributed by atoms with van der Waals surface area (Å²) in [6.45, 7) is 4.11. The summed E-state index contributed by atoms with van der Waals surface area (Å²) in [5.41, 5.74) is -3.24. The summed E-state index contributed by atoms with van der Waals surface area (Å²) >= 11 is 0. The average molecular weight is 551 g/mol. The third-order valence-corrected chi connectivity index (χ3v) is 7.06. The zero-order chi connectivity index (χ0) is 28.1. The summed E-state index contributed by atoms with van der Waals surface area (Å²) in [5.74, 6) is 1.53. The van der Waals surface area contributed by atoms with Crippen LogP contribution in [-0.2, 0) is 23.4 Å². The van der Waals surface area contributed by atoms with Crippen LogP contribution in [0.15, 0.2) is 47.4 Å². The second-order valence-corrected chi connectivity index (χ2v) is 10.3. The van der Waals surface area contributed by atoms with Crippen molar-refractivity contribution in [2.75, 3.05) is 13.7 Å². The van der Waals surface area contributed by atoms with Gasteiger partial charge in [0.05, 0.1) is 19.8 Å². The molecule has 0 amide bonds. The monoisotopic (exact) mass is 551 g/mol. The Morgan fingerprint density at radius 3 is 2.58 bits per heavy atom. The number of hydrogen-bond acceptors (Lipinski definition) is 11. The molecular formula is C24H30N3O10P. The first-order chi connectivity index (χ1) is 17.9. The fraction of sp³-hybridized carbons (Fsp3) is 0.458. The van der Waals surface area contributed by atoms with Gasteiger partial charge in [0.1, 0.15) is 24.0 Å². The molecule has 0 spiro atoms. The largest absolute Gasteiger partial charge is 0.481 e. The summed E-state index contributed by atoms with van der Waals surface area (Å²) in [6, 6.07) is 8.25. The molecule has 1 aliphatic heterocycles. The van der Waals surface area contributed by atoms with Crippen molar-refractivity contribution in [3.63, 3.8) is 0 Å². The number of para-hydroxylation sites is 1. The van der Waals surface area contributed by atoms with Gasteiger partial charge in [-0.2, -0.15) is 10.1 Å². The molecule has 3 rings (SSSR count). The van der Waals surface area contributed by atoms with Crippen molar-refractivity contribution in [1.29, 1.82) is 0 Å². The maximum Gasteiger partial charge on any atom is 0.459 e. The number of terminal acetylenes is 1. The number of ether oxygens (including phenoxy) is 3. The molecule has 2 unspecified atom stereocenters. The van der Waals surface area contributed by atoms with Crippen LogP contribution < -0.4 is 20.0 Å². The fourth-order valence-electron chi connectivity index (χ4n) is 3.53. The molecule has 13 nitrogen and oxygen atoms in total. The summed E-state index contributed by atoms with van der Waals surface area (Å²) in [7, 11) is -2.99. The smallest absolute Gasteiger partial charge is 0.459 e. The van der Waals surface area contributed by atoms with Gasteiger partial charge in [0, 0.05) is 12.3 Å². The number of nitrogens with one attached hydrogen (secondary N) is 1. The zero-order valence-electron chi connectivity index (χ0n) is 21.2. The van der Waals surface area contributed by atoms with Gasteiger partial charge in [-0.05, 0) is 32.9 Å². The van der Waals surface area contributed by atoms with Crippen LogP contribution in [0.5, 0.6) is 11.6 Å². The van der Waals surface area contributed by atoms with Gasteiger partial charge in [-0.25, -0.2) is 9.36 Å². The number of carbonyl (C=O) groups excluding carboxylic acids is 1. The summed E-state index contributed by atoms with van der Waals surface area (Å²) in [6.07, 6.45) is 1.59. The first kappa shape index (κ1) is 29.3. The van der Waals surface area contributed by atoms with Gasteiger partial charge in [-0.1, -0.05) is 24.1 Å². The van der Waals surface area contributed by atoms with Crippen LogP contribution in [0.4, 0.5) is 0 Å². The molecule has 1 aliphatic rings. The van der Waals surface area contributed by atoms with Gasteiger partial charge in [-0.15, -0.1) is 6.42 Å². The molecule has 0 saturated carbocycles. The quantitative estimate of drug-likeness (QED) is 0.206. The van der Waals surface area contributed by atoms with Crippen molar-refractivity contribution in [3.05, 3.63) is 53.1 Å². The summed E-state index contributed by atoms with van der Waals surface area (Å²) < 4.78 is 41.4. The number of nitrogens with zero attached hydrogens (tertiary/aromatic N) is 2. The lowest BCUT2D eigenvalue weighted by atomic mass is 9.95. The second kappa shape index (κ2) is 12.1. The minimum atomic E-state index is -4.31. The van der Waals surface area contributed by atoms with Crippen molar-refractivity contribution in [2.24, 2.45) is 0 Å². The van der Waals surface area contributed by atoms with E-state index in [1.807, 2.05) is 0 Å². The molecule has 1 aromatic carbocycles. The lowest BCUT2D eigenvalue weighted by Crippen LogP contribution is -2.47. The van der Waals surface area contributed by atoms with Crippen LogP contribution in [-0.4, -0.2) is 69.4 Å². The molecule has 2 heterocycles. The van der Waals surface area contributed by atoms with Crippen molar-refractivity contribution >= 4 is 13.7 Å². The molecule has 1 saturated heterocycles.